The van der Waals surface area contributed by atoms with E-state index in [1.54, 1.807) is 25.1 Å². The summed E-state index contributed by atoms with van der Waals surface area (Å²) in [7, 11) is 0. The zero-order chi connectivity index (χ0) is 28.4. The molecule has 2 aromatic carbocycles. The van der Waals surface area contributed by atoms with E-state index in [1.165, 1.54) is 6.92 Å². The first-order valence-electron chi connectivity index (χ1n) is 12.1. The van der Waals surface area contributed by atoms with E-state index in [9.17, 15) is 31.9 Å². The zero-order valence-electron chi connectivity index (χ0n) is 21.3. The van der Waals surface area contributed by atoms with Gasteiger partial charge in [0.25, 0.3) is 11.8 Å². The van der Waals surface area contributed by atoms with Crippen LogP contribution in [0.2, 0.25) is 5.02 Å². The maximum Gasteiger partial charge on any atom is 0.416 e. The third-order valence-corrected chi connectivity index (χ3v) is 6.85. The van der Waals surface area contributed by atoms with E-state index in [-0.39, 0.29) is 35.6 Å². The fraction of sp³-hybridized carbons (Fsp3) is 0.423. The van der Waals surface area contributed by atoms with Crippen molar-refractivity contribution in [2.24, 2.45) is 0 Å². The van der Waals surface area contributed by atoms with Crippen LogP contribution in [-0.2, 0) is 6.18 Å². The molecule has 38 heavy (non-hydrogen) atoms. The Morgan fingerprint density at radius 2 is 1.71 bits per heavy atom. The van der Waals surface area contributed by atoms with E-state index < -0.39 is 41.1 Å². The average Bonchev–Trinajstić information content (AvgIpc) is 3.18. The molecular weight excluding hydrogens is 528 g/mol. The Kier molecular flexibility index (Phi) is 8.91. The number of halogens is 5. The summed E-state index contributed by atoms with van der Waals surface area (Å²) in [5.41, 5.74) is 1.21. The SMILES string of the molecule is CCN(NC(=O)c1cc(F)cc(C(F)(F)F)c1)C(=O)N[C@H](C)c1ccc(C(=O)N2[C@H](C)CC[C@@H]2C)cc1Cl. The van der Waals surface area contributed by atoms with Gasteiger partial charge < -0.3 is 10.2 Å². The highest BCUT2D eigenvalue weighted by atomic mass is 35.5. The van der Waals surface area contributed by atoms with E-state index in [2.05, 4.69) is 10.7 Å². The second kappa shape index (κ2) is 11.6. The Bertz CT molecular complexity index is 1210. The van der Waals surface area contributed by atoms with Crippen LogP contribution in [0.5, 0.6) is 0 Å². The molecule has 3 rings (SSSR count). The van der Waals surface area contributed by atoms with E-state index >= 15 is 0 Å². The number of benzene rings is 2. The molecule has 2 N–H and O–H groups in total. The lowest BCUT2D eigenvalue weighted by Gasteiger charge is -2.27. The Hall–Kier alpha value is -3.34. The summed E-state index contributed by atoms with van der Waals surface area (Å²) in [6.45, 7) is 7.13. The number of rotatable bonds is 5. The molecule has 1 fully saturated rings. The van der Waals surface area contributed by atoms with Crippen LogP contribution in [-0.4, -0.2) is 46.4 Å². The van der Waals surface area contributed by atoms with Crippen LogP contribution in [0.1, 0.15) is 78.4 Å². The van der Waals surface area contributed by atoms with Gasteiger partial charge in [0.15, 0.2) is 0 Å². The maximum absolute atomic E-state index is 13.7. The van der Waals surface area contributed by atoms with Crippen LogP contribution in [0.4, 0.5) is 22.4 Å². The van der Waals surface area contributed by atoms with Gasteiger partial charge in [-0.15, -0.1) is 0 Å². The maximum atomic E-state index is 13.7. The molecule has 4 amide bonds. The number of likely N-dealkylation sites (tertiary alicyclic amines) is 1. The molecule has 3 atom stereocenters. The third-order valence-electron chi connectivity index (χ3n) is 6.53. The van der Waals surface area contributed by atoms with Crippen molar-refractivity contribution in [1.82, 2.24) is 20.7 Å². The molecule has 1 heterocycles. The van der Waals surface area contributed by atoms with Gasteiger partial charge in [0.1, 0.15) is 5.82 Å². The van der Waals surface area contributed by atoms with Crippen molar-refractivity contribution < 1.29 is 31.9 Å². The van der Waals surface area contributed by atoms with Crippen molar-refractivity contribution >= 4 is 29.4 Å². The van der Waals surface area contributed by atoms with E-state index in [1.807, 2.05) is 18.7 Å². The van der Waals surface area contributed by atoms with Gasteiger partial charge in [0.2, 0.25) is 0 Å². The molecule has 0 bridgehead atoms. The quantitative estimate of drug-likeness (QED) is 0.353. The number of urea groups is 1. The number of hydrogen-bond acceptors (Lipinski definition) is 3. The summed E-state index contributed by atoms with van der Waals surface area (Å²) in [6.07, 6.45) is -3.00. The summed E-state index contributed by atoms with van der Waals surface area (Å²) in [5, 5.41) is 3.75. The predicted octanol–water partition coefficient (Wildman–Crippen LogP) is 5.95. The molecule has 7 nitrogen and oxygen atoms in total. The molecule has 1 aliphatic rings. The lowest BCUT2D eigenvalue weighted by Crippen LogP contribution is -2.51. The van der Waals surface area contributed by atoms with Crippen LogP contribution in [0.15, 0.2) is 36.4 Å². The second-order valence-corrected chi connectivity index (χ2v) is 9.71. The molecule has 206 valence electrons. The van der Waals surface area contributed by atoms with Gasteiger partial charge in [0.05, 0.1) is 11.6 Å². The molecule has 1 saturated heterocycles. The number of carbonyl (C=O) groups excluding carboxylic acids is 3. The summed E-state index contributed by atoms with van der Waals surface area (Å²) >= 11 is 6.44. The molecule has 1 aliphatic heterocycles. The summed E-state index contributed by atoms with van der Waals surface area (Å²) < 4.78 is 52.6. The number of nitrogens with one attached hydrogen (secondary N) is 2. The van der Waals surface area contributed by atoms with Crippen LogP contribution < -0.4 is 10.7 Å². The smallest absolute Gasteiger partial charge is 0.333 e. The molecule has 0 saturated carbocycles. The van der Waals surface area contributed by atoms with Crippen molar-refractivity contribution in [3.8, 4) is 0 Å². The fourth-order valence-electron chi connectivity index (χ4n) is 4.44. The first kappa shape index (κ1) is 29.2. The normalized spacial score (nSPS) is 18.2. The molecule has 0 unspecified atom stereocenters. The molecule has 2 aromatic rings. The van der Waals surface area contributed by atoms with Gasteiger partial charge in [-0.2, -0.15) is 13.2 Å². The number of amides is 4. The molecular formula is C26H29ClF4N4O3. The Balaban J connectivity index is 1.69. The van der Waals surface area contributed by atoms with E-state index in [0.717, 1.165) is 17.9 Å². The Morgan fingerprint density at radius 3 is 2.26 bits per heavy atom. The van der Waals surface area contributed by atoms with Crippen LogP contribution in [0.3, 0.4) is 0 Å². The standard InChI is InChI=1S/C26H29ClF4N4O3/c1-5-34(33-23(36)18-10-19(26(29,30)31)13-20(28)11-18)25(38)32-16(4)21-9-8-17(12-22(21)27)24(37)35-14(2)6-7-15(35)3/h8-16H,5-7H2,1-4H3,(H,32,38)(H,33,36)/t14-,15+,16-/m1/s1. The predicted molar refractivity (Wildman–Crippen MR) is 134 cm³/mol. The fourth-order valence-corrected chi connectivity index (χ4v) is 4.79. The summed E-state index contributed by atoms with van der Waals surface area (Å²) in [4.78, 5) is 40.1. The number of carbonyl (C=O) groups is 3. The lowest BCUT2D eigenvalue weighted by atomic mass is 10.0. The average molecular weight is 557 g/mol. The highest BCUT2D eigenvalue weighted by Crippen LogP contribution is 2.31. The lowest BCUT2D eigenvalue weighted by molar-refractivity contribution is -0.137. The van der Waals surface area contributed by atoms with Gasteiger partial charge in [-0.3, -0.25) is 15.0 Å². The second-order valence-electron chi connectivity index (χ2n) is 9.31. The minimum atomic E-state index is -4.85. The van der Waals surface area contributed by atoms with Crippen molar-refractivity contribution in [2.45, 2.75) is 64.8 Å². The van der Waals surface area contributed by atoms with Crippen molar-refractivity contribution in [3.05, 3.63) is 69.5 Å². The third kappa shape index (κ3) is 6.56. The highest BCUT2D eigenvalue weighted by Gasteiger charge is 2.33. The van der Waals surface area contributed by atoms with Crippen LogP contribution in [0, 0.1) is 5.82 Å². The van der Waals surface area contributed by atoms with Crippen molar-refractivity contribution in [2.75, 3.05) is 6.54 Å². The van der Waals surface area contributed by atoms with Gasteiger partial charge >= 0.3 is 12.2 Å². The van der Waals surface area contributed by atoms with Gasteiger partial charge in [-0.05, 0) is 76.4 Å². The number of hydrazine groups is 1. The van der Waals surface area contributed by atoms with Crippen molar-refractivity contribution in [3.63, 3.8) is 0 Å². The van der Waals surface area contributed by atoms with E-state index in [0.29, 0.717) is 23.3 Å². The molecule has 12 heteroatoms. The number of hydrogen-bond donors (Lipinski definition) is 2. The zero-order valence-corrected chi connectivity index (χ0v) is 22.1. The topological polar surface area (TPSA) is 81.8 Å². The highest BCUT2D eigenvalue weighted by molar-refractivity contribution is 6.31. The largest absolute Gasteiger partial charge is 0.416 e. The van der Waals surface area contributed by atoms with E-state index in [4.69, 9.17) is 11.6 Å². The monoisotopic (exact) mass is 556 g/mol. The summed E-state index contributed by atoms with van der Waals surface area (Å²) in [5.74, 6) is -2.46. The first-order valence-corrected chi connectivity index (χ1v) is 12.5. The molecule has 0 aliphatic carbocycles. The van der Waals surface area contributed by atoms with Gasteiger partial charge in [0, 0.05) is 34.8 Å². The first-order chi connectivity index (χ1) is 17.7. The van der Waals surface area contributed by atoms with Gasteiger partial charge in [-0.1, -0.05) is 17.7 Å². The summed E-state index contributed by atoms with van der Waals surface area (Å²) in [6, 6.07) is 5.05. The van der Waals surface area contributed by atoms with Crippen LogP contribution in [0.25, 0.3) is 0 Å². The Labute approximate surface area is 223 Å². The molecule has 0 aromatic heterocycles. The molecule has 0 radical (unpaired) electrons. The number of nitrogens with zero attached hydrogens (tertiary/aromatic N) is 2. The minimum absolute atomic E-state index is 0.0425. The number of alkyl halides is 3. The minimum Gasteiger partial charge on any atom is -0.333 e. The Morgan fingerprint density at radius 1 is 1.08 bits per heavy atom. The van der Waals surface area contributed by atoms with Crippen LogP contribution >= 0.6 is 11.6 Å². The van der Waals surface area contributed by atoms with Gasteiger partial charge in [-0.25, -0.2) is 14.2 Å². The van der Waals surface area contributed by atoms with Crippen molar-refractivity contribution in [1.29, 1.82) is 0 Å². The molecule has 0 spiro atoms.